The van der Waals surface area contributed by atoms with E-state index in [1.54, 1.807) is 24.3 Å². The van der Waals surface area contributed by atoms with Crippen LogP contribution in [0.4, 0.5) is 0 Å². The Morgan fingerprint density at radius 2 is 2.00 bits per heavy atom. The average Bonchev–Trinajstić information content (AvgIpc) is 3.48. The minimum Gasteiger partial charge on any atom is -0.457 e. The molecule has 1 aliphatic heterocycles. The Labute approximate surface area is 171 Å². The molecule has 5 rings (SSSR count). The van der Waals surface area contributed by atoms with Gasteiger partial charge in [0.05, 0.1) is 11.8 Å². The van der Waals surface area contributed by atoms with Crippen molar-refractivity contribution in [3.8, 4) is 11.5 Å². The fraction of sp³-hybridized carbons (Fsp3) is 0.0833. The lowest BCUT2D eigenvalue weighted by Crippen LogP contribution is -2.07. The van der Waals surface area contributed by atoms with Gasteiger partial charge >= 0.3 is 5.97 Å². The third-order valence-corrected chi connectivity index (χ3v) is 5.02. The molecule has 148 valence electrons. The van der Waals surface area contributed by atoms with E-state index >= 15 is 0 Å². The van der Waals surface area contributed by atoms with Crippen molar-refractivity contribution in [3.05, 3.63) is 89.7 Å². The van der Waals surface area contributed by atoms with Crippen LogP contribution in [0.5, 0.6) is 11.5 Å². The van der Waals surface area contributed by atoms with Crippen LogP contribution in [0.25, 0.3) is 17.0 Å². The predicted molar refractivity (Wildman–Crippen MR) is 111 cm³/mol. The number of rotatable bonds is 4. The Kier molecular flexibility index (Phi) is 4.25. The normalized spacial score (nSPS) is 14.2. The smallest absolute Gasteiger partial charge is 0.379 e. The Hall–Kier alpha value is -4.06. The molecule has 2 aromatic heterocycles. The molecule has 1 aliphatic rings. The van der Waals surface area contributed by atoms with Gasteiger partial charge in [0, 0.05) is 35.3 Å². The van der Waals surface area contributed by atoms with Gasteiger partial charge in [0.2, 0.25) is 11.5 Å². The summed E-state index contributed by atoms with van der Waals surface area (Å²) in [6.07, 6.45) is 5.16. The fourth-order valence-corrected chi connectivity index (χ4v) is 3.58. The van der Waals surface area contributed by atoms with E-state index in [1.807, 2.05) is 30.5 Å². The van der Waals surface area contributed by atoms with Crippen LogP contribution < -0.4 is 9.47 Å². The van der Waals surface area contributed by atoms with Crippen molar-refractivity contribution in [1.82, 2.24) is 4.57 Å². The number of ether oxygens (including phenoxy) is 2. The molecule has 0 radical (unpaired) electrons. The molecule has 0 atom stereocenters. The molecule has 0 saturated carbocycles. The van der Waals surface area contributed by atoms with Gasteiger partial charge in [-0.15, -0.1) is 0 Å². The van der Waals surface area contributed by atoms with Gasteiger partial charge in [-0.2, -0.15) is 0 Å². The number of fused-ring (bicyclic) bond motifs is 2. The van der Waals surface area contributed by atoms with Gasteiger partial charge in [-0.25, -0.2) is 4.79 Å². The van der Waals surface area contributed by atoms with Crippen molar-refractivity contribution in [2.45, 2.75) is 13.5 Å². The summed E-state index contributed by atoms with van der Waals surface area (Å²) in [5.41, 5.74) is 2.44. The zero-order chi connectivity index (χ0) is 20.7. The molecular formula is C24H17NO5. The summed E-state index contributed by atoms with van der Waals surface area (Å²) in [5, 5.41) is 1.05. The van der Waals surface area contributed by atoms with E-state index < -0.39 is 5.97 Å². The lowest BCUT2D eigenvalue weighted by Gasteiger charge is -2.04. The summed E-state index contributed by atoms with van der Waals surface area (Å²) < 4.78 is 18.3. The first-order valence-electron chi connectivity index (χ1n) is 9.56. The second-order valence-electron chi connectivity index (χ2n) is 6.85. The number of allylic oxidation sites excluding steroid dienone is 1. The van der Waals surface area contributed by atoms with Gasteiger partial charge in [0.1, 0.15) is 11.5 Å². The minimum atomic E-state index is -0.618. The molecule has 0 amide bonds. The number of carbonyl (C=O) groups is 2. The number of Topliss-reactive ketones (excluding diaryl/α,β-unsaturated/α-hetero) is 1. The summed E-state index contributed by atoms with van der Waals surface area (Å²) in [7, 11) is 0. The molecule has 0 bridgehead atoms. The number of aryl methyl sites for hydroxylation is 1. The van der Waals surface area contributed by atoms with E-state index in [0.29, 0.717) is 11.3 Å². The summed E-state index contributed by atoms with van der Waals surface area (Å²) in [6.45, 7) is 2.89. The molecule has 0 unspecified atom stereocenters. The van der Waals surface area contributed by atoms with Crippen molar-refractivity contribution in [2.24, 2.45) is 0 Å². The van der Waals surface area contributed by atoms with Crippen molar-refractivity contribution >= 4 is 28.7 Å². The Bertz CT molecular complexity index is 1310. The monoisotopic (exact) mass is 399 g/mol. The molecule has 0 saturated heterocycles. The van der Waals surface area contributed by atoms with E-state index in [-0.39, 0.29) is 23.1 Å². The van der Waals surface area contributed by atoms with Gasteiger partial charge in [-0.3, -0.25) is 4.79 Å². The number of ketones is 1. The molecule has 4 aromatic rings. The highest BCUT2D eigenvalue weighted by Crippen LogP contribution is 2.36. The van der Waals surface area contributed by atoms with Crippen molar-refractivity contribution in [2.75, 3.05) is 0 Å². The van der Waals surface area contributed by atoms with Crippen LogP contribution in [0.1, 0.15) is 33.4 Å². The molecule has 0 N–H and O–H groups in total. The zero-order valence-corrected chi connectivity index (χ0v) is 16.1. The van der Waals surface area contributed by atoms with E-state index in [4.69, 9.17) is 13.9 Å². The highest BCUT2D eigenvalue weighted by molar-refractivity contribution is 6.15. The Balaban J connectivity index is 1.45. The first kappa shape index (κ1) is 18.0. The zero-order valence-electron chi connectivity index (χ0n) is 16.1. The number of furan rings is 1. The Morgan fingerprint density at radius 1 is 1.13 bits per heavy atom. The second kappa shape index (κ2) is 7.08. The highest BCUT2D eigenvalue weighted by Gasteiger charge is 2.28. The maximum Gasteiger partial charge on any atom is 0.379 e. The maximum absolute atomic E-state index is 12.8. The number of aromatic nitrogens is 1. The van der Waals surface area contributed by atoms with Crippen LogP contribution in [-0.2, 0) is 6.54 Å². The number of carbonyl (C=O) groups excluding carboxylic acids is 2. The molecule has 2 aromatic carbocycles. The third kappa shape index (κ3) is 2.99. The SMILES string of the molecule is CCn1cc(C=C2Oc3cc(OC(=O)c4ccco4)ccc3C2=O)c2ccccc21. The first-order chi connectivity index (χ1) is 14.6. The highest BCUT2D eigenvalue weighted by atomic mass is 16.5. The molecule has 6 heteroatoms. The quantitative estimate of drug-likeness (QED) is 0.272. The van der Waals surface area contributed by atoms with Gasteiger partial charge in [-0.05, 0) is 43.3 Å². The minimum absolute atomic E-state index is 0.0976. The topological polar surface area (TPSA) is 70.7 Å². The number of para-hydroxylation sites is 1. The number of nitrogens with zero attached hydrogens (tertiary/aromatic N) is 1. The summed E-state index contributed by atoms with van der Waals surface area (Å²) in [5.74, 6) is 0.135. The number of hydrogen-bond donors (Lipinski definition) is 0. The van der Waals surface area contributed by atoms with Gasteiger partial charge in [0.15, 0.2) is 5.76 Å². The maximum atomic E-state index is 12.8. The van der Waals surface area contributed by atoms with Crippen LogP contribution in [0.3, 0.4) is 0 Å². The van der Waals surface area contributed by atoms with Crippen LogP contribution >= 0.6 is 0 Å². The van der Waals surface area contributed by atoms with Crippen molar-refractivity contribution in [3.63, 3.8) is 0 Å². The van der Waals surface area contributed by atoms with E-state index in [2.05, 4.69) is 11.5 Å². The van der Waals surface area contributed by atoms with E-state index in [9.17, 15) is 9.59 Å². The first-order valence-corrected chi connectivity index (χ1v) is 9.56. The molecule has 0 fully saturated rings. The summed E-state index contributed by atoms with van der Waals surface area (Å²) in [4.78, 5) is 24.9. The molecule has 30 heavy (non-hydrogen) atoms. The Morgan fingerprint density at radius 3 is 2.80 bits per heavy atom. The standard InChI is InChI=1S/C24H17NO5/c1-2-25-14-15(17-6-3-4-7-19(17)25)12-22-23(26)18-10-9-16(13-21(18)30-22)29-24(27)20-8-5-11-28-20/h3-14H,2H2,1H3. The molecule has 0 aliphatic carbocycles. The van der Waals surface area contributed by atoms with Crippen LogP contribution in [0.15, 0.2) is 77.2 Å². The molecule has 3 heterocycles. The molecular weight excluding hydrogens is 382 g/mol. The number of esters is 1. The average molecular weight is 399 g/mol. The second-order valence-corrected chi connectivity index (χ2v) is 6.85. The lowest BCUT2D eigenvalue weighted by molar-refractivity contribution is 0.0701. The summed E-state index contributed by atoms with van der Waals surface area (Å²) >= 11 is 0. The third-order valence-electron chi connectivity index (χ3n) is 5.02. The van der Waals surface area contributed by atoms with Crippen LogP contribution in [-0.4, -0.2) is 16.3 Å². The molecule has 0 spiro atoms. The number of benzene rings is 2. The molecule has 6 nitrogen and oxygen atoms in total. The van der Waals surface area contributed by atoms with Crippen LogP contribution in [0, 0.1) is 0 Å². The lowest BCUT2D eigenvalue weighted by atomic mass is 10.1. The van der Waals surface area contributed by atoms with Gasteiger partial charge in [-0.1, -0.05) is 18.2 Å². The van der Waals surface area contributed by atoms with Gasteiger partial charge < -0.3 is 18.5 Å². The largest absolute Gasteiger partial charge is 0.457 e. The van der Waals surface area contributed by atoms with Crippen molar-refractivity contribution in [1.29, 1.82) is 0 Å². The van der Waals surface area contributed by atoms with E-state index in [0.717, 1.165) is 23.0 Å². The van der Waals surface area contributed by atoms with E-state index in [1.165, 1.54) is 18.4 Å². The fourth-order valence-electron chi connectivity index (χ4n) is 3.58. The van der Waals surface area contributed by atoms with Gasteiger partial charge in [0.25, 0.3) is 0 Å². The number of hydrogen-bond acceptors (Lipinski definition) is 5. The summed E-state index contributed by atoms with van der Waals surface area (Å²) in [6, 6.07) is 15.8. The van der Waals surface area contributed by atoms with Crippen molar-refractivity contribution < 1.29 is 23.5 Å². The van der Waals surface area contributed by atoms with Crippen LogP contribution in [0.2, 0.25) is 0 Å². The predicted octanol–water partition coefficient (Wildman–Crippen LogP) is 5.09.